The lowest BCUT2D eigenvalue weighted by atomic mass is 10.2. The summed E-state index contributed by atoms with van der Waals surface area (Å²) < 4.78 is 33.4. The molecule has 1 amide bonds. The number of furan rings is 1. The van der Waals surface area contributed by atoms with Crippen molar-refractivity contribution in [3.63, 3.8) is 0 Å². The van der Waals surface area contributed by atoms with Crippen molar-refractivity contribution in [3.05, 3.63) is 89.1 Å². The molecular weight excluding hydrogens is 424 g/mol. The van der Waals surface area contributed by atoms with Gasteiger partial charge in [-0.25, -0.2) is 8.42 Å². The molecule has 6 nitrogen and oxygen atoms in total. The number of nitrogens with one attached hydrogen (secondary N) is 2. The van der Waals surface area contributed by atoms with Crippen LogP contribution in [0.3, 0.4) is 0 Å². The van der Waals surface area contributed by atoms with Gasteiger partial charge in [0.15, 0.2) is 5.76 Å². The number of sulfonamides is 1. The molecule has 0 aliphatic rings. The third-order valence-electron chi connectivity index (χ3n) is 4.52. The highest BCUT2D eigenvalue weighted by atomic mass is 35.5. The smallest absolute Gasteiger partial charge is 0.291 e. The number of halogens is 1. The molecular formula is C22H17ClN2O4S. The van der Waals surface area contributed by atoms with Crippen molar-refractivity contribution in [1.82, 2.24) is 0 Å². The fourth-order valence-electron chi connectivity index (χ4n) is 2.91. The van der Waals surface area contributed by atoms with Crippen LogP contribution in [0.2, 0.25) is 5.02 Å². The number of fused-ring (bicyclic) bond motifs is 1. The van der Waals surface area contributed by atoms with Crippen LogP contribution in [0, 0.1) is 6.92 Å². The molecule has 0 spiro atoms. The maximum atomic E-state index is 12.7. The highest BCUT2D eigenvalue weighted by molar-refractivity contribution is 7.92. The summed E-state index contributed by atoms with van der Waals surface area (Å²) >= 11 is 5.95. The predicted octanol–water partition coefficient (Wildman–Crippen LogP) is 5.45. The standard InChI is InChI=1S/C22H17ClN2O4S/c1-14-6-7-16(23)13-19(14)25-30(27,28)18-10-8-17(9-11-18)24-22(26)21-12-15-4-2-3-5-20(15)29-21/h2-13,25H,1H3,(H,24,26). The predicted molar refractivity (Wildman–Crippen MR) is 118 cm³/mol. The Hall–Kier alpha value is -3.29. The Morgan fingerprint density at radius 3 is 2.43 bits per heavy atom. The molecule has 0 fully saturated rings. The van der Waals surface area contributed by atoms with E-state index < -0.39 is 15.9 Å². The van der Waals surface area contributed by atoms with E-state index in [1.54, 1.807) is 37.3 Å². The Balaban J connectivity index is 1.50. The number of rotatable bonds is 5. The summed E-state index contributed by atoms with van der Waals surface area (Å²) in [5.41, 5.74) is 2.22. The van der Waals surface area contributed by atoms with Gasteiger partial charge in [-0.3, -0.25) is 9.52 Å². The molecule has 2 N–H and O–H groups in total. The Morgan fingerprint density at radius 1 is 0.967 bits per heavy atom. The van der Waals surface area contributed by atoms with E-state index in [4.69, 9.17) is 16.0 Å². The van der Waals surface area contributed by atoms with E-state index >= 15 is 0 Å². The SMILES string of the molecule is Cc1ccc(Cl)cc1NS(=O)(=O)c1ccc(NC(=O)c2cc3ccccc3o2)cc1. The zero-order valence-electron chi connectivity index (χ0n) is 15.8. The first-order valence-corrected chi connectivity index (χ1v) is 10.9. The van der Waals surface area contributed by atoms with Crippen LogP contribution in [0.5, 0.6) is 0 Å². The highest BCUT2D eigenvalue weighted by Crippen LogP contribution is 2.25. The van der Waals surface area contributed by atoms with Gasteiger partial charge >= 0.3 is 0 Å². The fraction of sp³-hybridized carbons (Fsp3) is 0.0455. The van der Waals surface area contributed by atoms with E-state index in [9.17, 15) is 13.2 Å². The minimum Gasteiger partial charge on any atom is -0.451 e. The summed E-state index contributed by atoms with van der Waals surface area (Å²) in [7, 11) is -3.81. The van der Waals surface area contributed by atoms with E-state index in [-0.39, 0.29) is 10.7 Å². The third kappa shape index (κ3) is 4.17. The Kier molecular flexibility index (Phi) is 5.24. The minimum atomic E-state index is -3.81. The lowest BCUT2D eigenvalue weighted by Gasteiger charge is -2.11. The molecule has 0 atom stereocenters. The highest BCUT2D eigenvalue weighted by Gasteiger charge is 2.17. The molecule has 152 valence electrons. The molecule has 4 aromatic rings. The van der Waals surface area contributed by atoms with E-state index in [0.29, 0.717) is 22.0 Å². The number of aryl methyl sites for hydroxylation is 1. The van der Waals surface area contributed by atoms with Gasteiger partial charge in [-0.2, -0.15) is 0 Å². The number of amides is 1. The lowest BCUT2D eigenvalue weighted by Crippen LogP contribution is -2.14. The maximum Gasteiger partial charge on any atom is 0.291 e. The van der Waals surface area contributed by atoms with Crippen molar-refractivity contribution < 1.29 is 17.6 Å². The Labute approximate surface area is 178 Å². The van der Waals surface area contributed by atoms with Crippen LogP contribution in [-0.2, 0) is 10.0 Å². The van der Waals surface area contributed by atoms with Gasteiger partial charge in [-0.1, -0.05) is 35.9 Å². The van der Waals surface area contributed by atoms with Crippen LogP contribution < -0.4 is 10.0 Å². The average Bonchev–Trinajstić information content (AvgIpc) is 3.15. The first kappa shape index (κ1) is 20.0. The number of hydrogen-bond donors (Lipinski definition) is 2. The third-order valence-corrected chi connectivity index (χ3v) is 6.13. The van der Waals surface area contributed by atoms with E-state index in [1.807, 2.05) is 18.2 Å². The Morgan fingerprint density at radius 2 is 1.70 bits per heavy atom. The average molecular weight is 441 g/mol. The molecule has 0 saturated heterocycles. The van der Waals surface area contributed by atoms with Gasteiger partial charge in [0, 0.05) is 16.1 Å². The largest absolute Gasteiger partial charge is 0.451 e. The van der Waals surface area contributed by atoms with Gasteiger partial charge in [-0.15, -0.1) is 0 Å². The number of anilines is 2. The van der Waals surface area contributed by atoms with Crippen LogP contribution in [0.25, 0.3) is 11.0 Å². The van der Waals surface area contributed by atoms with Gasteiger partial charge in [0.25, 0.3) is 15.9 Å². The molecule has 4 rings (SSSR count). The van der Waals surface area contributed by atoms with E-state index in [2.05, 4.69) is 10.0 Å². The molecule has 0 aliphatic heterocycles. The van der Waals surface area contributed by atoms with Crippen molar-refractivity contribution in [3.8, 4) is 0 Å². The summed E-state index contributed by atoms with van der Waals surface area (Å²) in [6.45, 7) is 1.78. The molecule has 0 unspecified atom stereocenters. The monoisotopic (exact) mass is 440 g/mol. The summed E-state index contributed by atoms with van der Waals surface area (Å²) in [5.74, 6) is -0.250. The Bertz CT molecular complexity index is 1310. The van der Waals surface area contributed by atoms with Crippen molar-refractivity contribution >= 4 is 49.9 Å². The van der Waals surface area contributed by atoms with Gasteiger partial charge in [-0.05, 0) is 61.0 Å². The number of para-hydroxylation sites is 1. The summed E-state index contributed by atoms with van der Waals surface area (Å²) in [5, 5.41) is 3.96. The molecule has 30 heavy (non-hydrogen) atoms. The van der Waals surface area contributed by atoms with Gasteiger partial charge in [0.2, 0.25) is 0 Å². The quantitative estimate of drug-likeness (QED) is 0.432. The van der Waals surface area contributed by atoms with Crippen molar-refractivity contribution in [2.75, 3.05) is 10.0 Å². The number of hydrogen-bond acceptors (Lipinski definition) is 4. The van der Waals surface area contributed by atoms with E-state index in [0.717, 1.165) is 10.9 Å². The van der Waals surface area contributed by atoms with Gasteiger partial charge in [0.1, 0.15) is 5.58 Å². The fourth-order valence-corrected chi connectivity index (χ4v) is 4.21. The molecule has 0 aliphatic carbocycles. The summed E-state index contributed by atoms with van der Waals surface area (Å²) in [6, 6.07) is 19.8. The van der Waals surface area contributed by atoms with Crippen LogP contribution in [0.4, 0.5) is 11.4 Å². The first-order chi connectivity index (χ1) is 14.3. The number of carbonyl (C=O) groups is 1. The minimum absolute atomic E-state index is 0.0589. The maximum absolute atomic E-state index is 12.7. The molecule has 1 aromatic heterocycles. The van der Waals surface area contributed by atoms with Crippen LogP contribution in [-0.4, -0.2) is 14.3 Å². The van der Waals surface area contributed by atoms with Gasteiger partial charge < -0.3 is 9.73 Å². The molecule has 0 bridgehead atoms. The number of benzene rings is 3. The molecule has 8 heteroatoms. The zero-order chi connectivity index (χ0) is 21.3. The van der Waals surface area contributed by atoms with Gasteiger partial charge in [0.05, 0.1) is 10.6 Å². The lowest BCUT2D eigenvalue weighted by molar-refractivity contribution is 0.0998. The second-order valence-electron chi connectivity index (χ2n) is 6.69. The molecule has 1 heterocycles. The molecule has 0 radical (unpaired) electrons. The van der Waals surface area contributed by atoms with E-state index in [1.165, 1.54) is 24.3 Å². The second-order valence-corrected chi connectivity index (χ2v) is 8.81. The van der Waals surface area contributed by atoms with Crippen molar-refractivity contribution in [2.24, 2.45) is 0 Å². The van der Waals surface area contributed by atoms with Crippen LogP contribution in [0.15, 0.2) is 82.1 Å². The topological polar surface area (TPSA) is 88.4 Å². The van der Waals surface area contributed by atoms with Crippen LogP contribution >= 0.6 is 11.6 Å². The summed E-state index contributed by atoms with van der Waals surface area (Å²) in [6.07, 6.45) is 0. The number of carbonyl (C=O) groups excluding carboxylic acids is 1. The molecule has 3 aromatic carbocycles. The van der Waals surface area contributed by atoms with Crippen LogP contribution in [0.1, 0.15) is 16.1 Å². The van der Waals surface area contributed by atoms with Crippen molar-refractivity contribution in [1.29, 1.82) is 0 Å². The normalized spacial score (nSPS) is 11.4. The molecule has 0 saturated carbocycles. The second kappa shape index (κ2) is 7.85. The first-order valence-electron chi connectivity index (χ1n) is 9.01. The summed E-state index contributed by atoms with van der Waals surface area (Å²) in [4.78, 5) is 12.5. The zero-order valence-corrected chi connectivity index (χ0v) is 17.4. The van der Waals surface area contributed by atoms with Crippen molar-refractivity contribution in [2.45, 2.75) is 11.8 Å².